The monoisotopic (exact) mass is 344 g/mol. The van der Waals surface area contributed by atoms with Gasteiger partial charge in [-0.15, -0.1) is 0 Å². The van der Waals surface area contributed by atoms with Gasteiger partial charge in [0.2, 0.25) is 0 Å². The lowest BCUT2D eigenvalue weighted by Gasteiger charge is -2.18. The molecule has 0 N–H and O–H groups in total. The van der Waals surface area contributed by atoms with Crippen molar-refractivity contribution in [2.75, 3.05) is 20.8 Å². The van der Waals surface area contributed by atoms with Crippen LogP contribution in [-0.4, -0.2) is 32.9 Å². The Morgan fingerprint density at radius 3 is 2.40 bits per heavy atom. The number of ether oxygens (including phenoxy) is 4. The first kappa shape index (κ1) is 18.8. The van der Waals surface area contributed by atoms with Crippen molar-refractivity contribution in [3.63, 3.8) is 0 Å². The maximum atomic E-state index is 11.9. The Kier molecular flexibility index (Phi) is 7.29. The maximum absolute atomic E-state index is 11.9. The summed E-state index contributed by atoms with van der Waals surface area (Å²) >= 11 is 0. The minimum Gasteiger partial charge on any atom is -0.489 e. The summed E-state index contributed by atoms with van der Waals surface area (Å²) in [6.45, 7) is 2.89. The molecule has 0 amide bonds. The normalized spacial score (nSPS) is 11.6. The zero-order valence-corrected chi connectivity index (χ0v) is 14.9. The summed E-state index contributed by atoms with van der Waals surface area (Å²) in [6, 6.07) is 14.9. The largest absolute Gasteiger partial charge is 0.489 e. The van der Waals surface area contributed by atoms with Crippen molar-refractivity contribution in [2.45, 2.75) is 26.1 Å². The lowest BCUT2D eigenvalue weighted by molar-refractivity contribution is 0.0597. The number of hydrogen-bond donors (Lipinski definition) is 0. The summed E-state index contributed by atoms with van der Waals surface area (Å²) in [5, 5.41) is 0. The van der Waals surface area contributed by atoms with Crippen LogP contribution in [0.25, 0.3) is 0 Å². The second-order valence-corrected chi connectivity index (χ2v) is 5.56. The predicted octanol–water partition coefficient (Wildman–Crippen LogP) is 3.86. The van der Waals surface area contributed by atoms with Gasteiger partial charge >= 0.3 is 5.97 Å². The highest BCUT2D eigenvalue weighted by Crippen LogP contribution is 2.25. The van der Waals surface area contributed by atoms with E-state index in [4.69, 9.17) is 18.9 Å². The van der Waals surface area contributed by atoms with Crippen LogP contribution < -0.4 is 9.47 Å². The lowest BCUT2D eigenvalue weighted by Crippen LogP contribution is -2.21. The van der Waals surface area contributed by atoms with Gasteiger partial charge in [0.05, 0.1) is 19.3 Å². The van der Waals surface area contributed by atoms with E-state index in [-0.39, 0.29) is 6.10 Å². The van der Waals surface area contributed by atoms with Gasteiger partial charge < -0.3 is 18.9 Å². The molecule has 0 aliphatic heterocycles. The fourth-order valence-corrected chi connectivity index (χ4v) is 2.31. The number of rotatable bonds is 9. The molecule has 0 bridgehead atoms. The van der Waals surface area contributed by atoms with Crippen LogP contribution in [0.4, 0.5) is 0 Å². The quantitative estimate of drug-likeness (QED) is 0.647. The van der Waals surface area contributed by atoms with Crippen LogP contribution in [0.3, 0.4) is 0 Å². The van der Waals surface area contributed by atoms with Gasteiger partial charge in [-0.25, -0.2) is 4.79 Å². The molecule has 0 heterocycles. The first-order valence-electron chi connectivity index (χ1n) is 8.22. The summed E-state index contributed by atoms with van der Waals surface area (Å²) in [5.41, 5.74) is 1.43. The molecule has 0 radical (unpaired) electrons. The lowest BCUT2D eigenvalue weighted by atomic mass is 10.2. The summed E-state index contributed by atoms with van der Waals surface area (Å²) in [5.74, 6) is 0.665. The van der Waals surface area contributed by atoms with Crippen molar-refractivity contribution >= 4 is 5.97 Å². The Morgan fingerprint density at radius 2 is 1.76 bits per heavy atom. The molecule has 1 unspecified atom stereocenters. The van der Waals surface area contributed by atoms with Crippen LogP contribution in [0, 0.1) is 0 Å². The molecule has 0 aliphatic carbocycles. The fraction of sp³-hybridized carbons (Fsp3) is 0.350. The fourth-order valence-electron chi connectivity index (χ4n) is 2.31. The number of benzene rings is 2. The molecule has 2 rings (SSSR count). The molecule has 0 spiro atoms. The molecule has 2 aromatic rings. The minimum absolute atomic E-state index is 0.0973. The molecule has 0 fully saturated rings. The molecule has 134 valence electrons. The number of methoxy groups -OCH3 is 2. The highest BCUT2D eigenvalue weighted by atomic mass is 16.5. The molecule has 5 nitrogen and oxygen atoms in total. The van der Waals surface area contributed by atoms with Gasteiger partial charge in [0.15, 0.2) is 0 Å². The van der Waals surface area contributed by atoms with Crippen molar-refractivity contribution in [1.82, 2.24) is 0 Å². The van der Waals surface area contributed by atoms with E-state index in [1.807, 2.05) is 37.3 Å². The van der Waals surface area contributed by atoms with E-state index in [1.54, 1.807) is 25.3 Å². The van der Waals surface area contributed by atoms with Crippen LogP contribution in [0.5, 0.6) is 11.5 Å². The minimum atomic E-state index is -0.435. The third kappa shape index (κ3) is 5.80. The molecule has 0 saturated heterocycles. The third-order valence-corrected chi connectivity index (χ3v) is 3.66. The van der Waals surface area contributed by atoms with Crippen molar-refractivity contribution < 1.29 is 23.7 Å². The number of hydrogen-bond acceptors (Lipinski definition) is 5. The van der Waals surface area contributed by atoms with E-state index in [0.29, 0.717) is 30.3 Å². The summed E-state index contributed by atoms with van der Waals surface area (Å²) in [7, 11) is 2.98. The van der Waals surface area contributed by atoms with Gasteiger partial charge in [-0.05, 0) is 24.1 Å². The van der Waals surface area contributed by atoms with Crippen LogP contribution in [-0.2, 0) is 16.1 Å². The van der Waals surface area contributed by atoms with Crippen molar-refractivity contribution in [1.29, 1.82) is 0 Å². The second kappa shape index (κ2) is 9.69. The molecule has 5 heteroatoms. The smallest absolute Gasteiger partial charge is 0.338 e. The standard InChI is InChI=1S/C20H24O5/c1-4-17(14-22-2)25-19-11-16(20(21)23-3)10-18(12-19)24-13-15-8-6-5-7-9-15/h5-12,17H,4,13-14H2,1-3H3. The highest BCUT2D eigenvalue weighted by Gasteiger charge is 2.14. The first-order chi connectivity index (χ1) is 12.2. The molecule has 25 heavy (non-hydrogen) atoms. The Balaban J connectivity index is 2.19. The number of carbonyl (C=O) groups is 1. The summed E-state index contributed by atoms with van der Waals surface area (Å²) in [6.07, 6.45) is 0.691. The molecule has 0 aromatic heterocycles. The Hall–Kier alpha value is -2.53. The Labute approximate surface area is 148 Å². The average molecular weight is 344 g/mol. The van der Waals surface area contributed by atoms with Gasteiger partial charge in [-0.1, -0.05) is 37.3 Å². The van der Waals surface area contributed by atoms with Crippen LogP contribution >= 0.6 is 0 Å². The van der Waals surface area contributed by atoms with E-state index >= 15 is 0 Å². The van der Waals surface area contributed by atoms with Crippen LogP contribution in [0.1, 0.15) is 29.3 Å². The molecule has 1 atom stereocenters. The van der Waals surface area contributed by atoms with Crippen LogP contribution in [0.2, 0.25) is 0 Å². The van der Waals surface area contributed by atoms with Crippen molar-refractivity contribution in [3.05, 3.63) is 59.7 Å². The van der Waals surface area contributed by atoms with E-state index in [2.05, 4.69) is 0 Å². The van der Waals surface area contributed by atoms with Gasteiger partial charge in [-0.2, -0.15) is 0 Å². The molecular weight excluding hydrogens is 320 g/mol. The van der Waals surface area contributed by atoms with Gasteiger partial charge in [-0.3, -0.25) is 0 Å². The first-order valence-corrected chi connectivity index (χ1v) is 8.22. The second-order valence-electron chi connectivity index (χ2n) is 5.56. The summed E-state index contributed by atoms with van der Waals surface area (Å²) < 4.78 is 21.7. The third-order valence-electron chi connectivity index (χ3n) is 3.66. The number of esters is 1. The SMILES string of the molecule is CCC(COC)Oc1cc(OCc2ccccc2)cc(C(=O)OC)c1. The van der Waals surface area contributed by atoms with Crippen molar-refractivity contribution in [2.24, 2.45) is 0 Å². The van der Waals surface area contributed by atoms with Crippen molar-refractivity contribution in [3.8, 4) is 11.5 Å². The van der Waals surface area contributed by atoms with Crippen LogP contribution in [0.15, 0.2) is 48.5 Å². The average Bonchev–Trinajstić information content (AvgIpc) is 2.66. The predicted molar refractivity (Wildman–Crippen MR) is 95.1 cm³/mol. The van der Waals surface area contributed by atoms with E-state index in [0.717, 1.165) is 12.0 Å². The summed E-state index contributed by atoms with van der Waals surface area (Å²) in [4.78, 5) is 11.9. The van der Waals surface area contributed by atoms with E-state index < -0.39 is 5.97 Å². The van der Waals surface area contributed by atoms with Gasteiger partial charge in [0.25, 0.3) is 0 Å². The van der Waals surface area contributed by atoms with E-state index in [9.17, 15) is 4.79 Å². The maximum Gasteiger partial charge on any atom is 0.338 e. The molecule has 2 aromatic carbocycles. The molecule has 0 aliphatic rings. The number of carbonyl (C=O) groups excluding carboxylic acids is 1. The topological polar surface area (TPSA) is 54.0 Å². The van der Waals surface area contributed by atoms with Gasteiger partial charge in [0, 0.05) is 13.2 Å². The highest BCUT2D eigenvalue weighted by molar-refractivity contribution is 5.90. The zero-order chi connectivity index (χ0) is 18.1. The molecule has 0 saturated carbocycles. The zero-order valence-electron chi connectivity index (χ0n) is 14.9. The Bertz CT molecular complexity index is 669. The Morgan fingerprint density at radius 1 is 1.04 bits per heavy atom. The van der Waals surface area contributed by atoms with E-state index in [1.165, 1.54) is 7.11 Å². The molecular formula is C20H24O5. The van der Waals surface area contributed by atoms with Gasteiger partial charge in [0.1, 0.15) is 24.2 Å².